The number of fused-ring (bicyclic) bond motifs is 2. The molecule has 28 heavy (non-hydrogen) atoms. The number of imidazole rings is 1. The summed E-state index contributed by atoms with van der Waals surface area (Å²) in [4.78, 5) is 46.3. The molecule has 0 aliphatic carbocycles. The first-order valence-corrected chi connectivity index (χ1v) is 9.68. The van der Waals surface area contributed by atoms with Gasteiger partial charge >= 0.3 is 5.69 Å². The first kappa shape index (κ1) is 20.6. The number of piperidine rings is 1. The van der Waals surface area contributed by atoms with E-state index in [-0.39, 0.29) is 41.5 Å². The number of hydrogen-bond acceptors (Lipinski definition) is 5. The van der Waals surface area contributed by atoms with Crippen LogP contribution in [0.1, 0.15) is 32.1 Å². The van der Waals surface area contributed by atoms with Crippen molar-refractivity contribution in [3.05, 3.63) is 20.8 Å². The van der Waals surface area contributed by atoms with Crippen LogP contribution >= 0.6 is 12.4 Å². The van der Waals surface area contributed by atoms with Crippen LogP contribution in [0.25, 0.3) is 11.2 Å². The van der Waals surface area contributed by atoms with Crippen molar-refractivity contribution in [1.82, 2.24) is 23.6 Å². The molecule has 2 aliphatic rings. The molecule has 2 aromatic rings. The second-order valence-corrected chi connectivity index (χ2v) is 7.49. The molecule has 1 saturated heterocycles. The van der Waals surface area contributed by atoms with Gasteiger partial charge in [0, 0.05) is 33.6 Å². The second-order valence-electron chi connectivity index (χ2n) is 7.49. The topological polar surface area (TPSA) is 85.4 Å². The summed E-state index contributed by atoms with van der Waals surface area (Å²) in [5.41, 5.74) is 0.0626. The standard InChI is InChI=1S/C18H26N6O3.ClH/c1-20-14-15(21(2)18(20)27)19-17-23(13(25)7-12-24(17)16(14)26)11-6-10-22-8-4-3-5-9-22;/h3-12H2,1-2H3;1H. The molecule has 2 aromatic heterocycles. The van der Waals surface area contributed by atoms with Gasteiger partial charge < -0.3 is 4.90 Å². The molecular formula is C18H27ClN6O3. The number of aromatic nitrogens is 4. The lowest BCUT2D eigenvalue weighted by atomic mass is 10.1. The lowest BCUT2D eigenvalue weighted by Gasteiger charge is -2.31. The number of halogens is 1. The first-order chi connectivity index (χ1) is 13.0. The Morgan fingerprint density at radius 2 is 1.64 bits per heavy atom. The quantitative estimate of drug-likeness (QED) is 0.731. The summed E-state index contributed by atoms with van der Waals surface area (Å²) in [5.74, 6) is 0.351. The van der Waals surface area contributed by atoms with Gasteiger partial charge in [0.1, 0.15) is 0 Å². The highest BCUT2D eigenvalue weighted by Gasteiger charge is 2.29. The number of amides is 1. The van der Waals surface area contributed by atoms with E-state index in [1.165, 1.54) is 33.0 Å². The van der Waals surface area contributed by atoms with Gasteiger partial charge in [0.05, 0.1) is 0 Å². The Kier molecular flexibility index (Phi) is 5.95. The average Bonchev–Trinajstić information content (AvgIpc) is 2.89. The minimum atomic E-state index is -0.291. The maximum atomic E-state index is 12.9. The third-order valence-corrected chi connectivity index (χ3v) is 5.73. The van der Waals surface area contributed by atoms with Crippen molar-refractivity contribution in [2.75, 3.05) is 31.1 Å². The zero-order chi connectivity index (χ0) is 19.1. The molecule has 10 heteroatoms. The molecule has 0 aromatic carbocycles. The molecule has 0 bridgehead atoms. The molecular weight excluding hydrogens is 384 g/mol. The molecule has 0 spiro atoms. The van der Waals surface area contributed by atoms with Gasteiger partial charge in [0.2, 0.25) is 11.9 Å². The molecule has 1 amide bonds. The van der Waals surface area contributed by atoms with Crippen molar-refractivity contribution >= 4 is 35.4 Å². The zero-order valence-electron chi connectivity index (χ0n) is 16.4. The van der Waals surface area contributed by atoms with Crippen LogP contribution in [0.5, 0.6) is 0 Å². The molecule has 9 nitrogen and oxygen atoms in total. The van der Waals surface area contributed by atoms with E-state index in [1.54, 1.807) is 19.0 Å². The van der Waals surface area contributed by atoms with Crippen LogP contribution in [0, 0.1) is 0 Å². The number of anilines is 1. The summed E-state index contributed by atoms with van der Waals surface area (Å²) in [7, 11) is 3.17. The molecule has 4 rings (SSSR count). The first-order valence-electron chi connectivity index (χ1n) is 9.68. The van der Waals surface area contributed by atoms with Crippen LogP contribution in [0.2, 0.25) is 0 Å². The minimum Gasteiger partial charge on any atom is -0.303 e. The van der Waals surface area contributed by atoms with E-state index in [0.29, 0.717) is 24.7 Å². The largest absolute Gasteiger partial charge is 0.329 e. The minimum absolute atomic E-state index is 0. The van der Waals surface area contributed by atoms with Crippen molar-refractivity contribution < 1.29 is 4.79 Å². The summed E-state index contributed by atoms with van der Waals surface area (Å²) >= 11 is 0. The Morgan fingerprint density at radius 3 is 2.36 bits per heavy atom. The van der Waals surface area contributed by atoms with Crippen molar-refractivity contribution in [2.24, 2.45) is 14.1 Å². The molecule has 0 saturated carbocycles. The number of likely N-dealkylation sites (tertiary alicyclic amines) is 1. The normalized spacial score (nSPS) is 17.6. The number of aryl methyl sites for hydroxylation is 2. The fourth-order valence-corrected chi connectivity index (χ4v) is 4.18. The summed E-state index contributed by atoms with van der Waals surface area (Å²) in [5, 5.41) is 0. The summed E-state index contributed by atoms with van der Waals surface area (Å²) in [6.45, 7) is 4.03. The van der Waals surface area contributed by atoms with E-state index in [1.807, 2.05) is 0 Å². The van der Waals surface area contributed by atoms with E-state index in [4.69, 9.17) is 0 Å². The predicted molar refractivity (Wildman–Crippen MR) is 109 cm³/mol. The highest BCUT2D eigenvalue weighted by Crippen LogP contribution is 2.20. The average molecular weight is 411 g/mol. The molecule has 0 unspecified atom stereocenters. The maximum absolute atomic E-state index is 12.9. The van der Waals surface area contributed by atoms with Crippen molar-refractivity contribution in [3.8, 4) is 0 Å². The van der Waals surface area contributed by atoms with Crippen LogP contribution < -0.4 is 16.1 Å². The van der Waals surface area contributed by atoms with E-state index in [0.717, 1.165) is 26.1 Å². The van der Waals surface area contributed by atoms with E-state index in [9.17, 15) is 14.4 Å². The third kappa shape index (κ3) is 3.37. The Bertz CT molecular complexity index is 1000. The summed E-state index contributed by atoms with van der Waals surface area (Å²) in [6, 6.07) is 0. The lowest BCUT2D eigenvalue weighted by Crippen LogP contribution is -2.44. The van der Waals surface area contributed by atoms with Crippen molar-refractivity contribution in [3.63, 3.8) is 0 Å². The fraction of sp³-hybridized carbons (Fsp3) is 0.667. The van der Waals surface area contributed by atoms with Crippen LogP contribution in [0.3, 0.4) is 0 Å². The number of carbonyl (C=O) groups excluding carboxylic acids is 1. The molecule has 1 fully saturated rings. The van der Waals surface area contributed by atoms with Crippen molar-refractivity contribution in [2.45, 2.75) is 38.6 Å². The Labute approximate surface area is 169 Å². The highest BCUT2D eigenvalue weighted by atomic mass is 35.5. The molecule has 0 radical (unpaired) electrons. The molecule has 2 aliphatic heterocycles. The van der Waals surface area contributed by atoms with Gasteiger partial charge in [0.25, 0.3) is 5.56 Å². The number of carbonyl (C=O) groups is 1. The fourth-order valence-electron chi connectivity index (χ4n) is 4.18. The van der Waals surface area contributed by atoms with Gasteiger partial charge in [-0.15, -0.1) is 12.4 Å². The smallest absolute Gasteiger partial charge is 0.303 e. The Morgan fingerprint density at radius 1 is 0.929 bits per heavy atom. The second kappa shape index (κ2) is 8.08. The van der Waals surface area contributed by atoms with E-state index >= 15 is 0 Å². The number of nitrogens with zero attached hydrogens (tertiary/aromatic N) is 6. The molecule has 0 N–H and O–H groups in total. The summed E-state index contributed by atoms with van der Waals surface area (Å²) in [6.07, 6.45) is 4.90. The van der Waals surface area contributed by atoms with Crippen LogP contribution in [-0.2, 0) is 25.4 Å². The Hall–Kier alpha value is -2.13. The van der Waals surface area contributed by atoms with Crippen molar-refractivity contribution in [1.29, 1.82) is 0 Å². The predicted octanol–water partition coefficient (Wildman–Crippen LogP) is 0.468. The highest BCUT2D eigenvalue weighted by molar-refractivity contribution is 5.93. The number of hydrogen-bond donors (Lipinski definition) is 0. The monoisotopic (exact) mass is 410 g/mol. The van der Waals surface area contributed by atoms with Gasteiger partial charge in [-0.05, 0) is 38.9 Å². The summed E-state index contributed by atoms with van der Waals surface area (Å²) < 4.78 is 4.22. The van der Waals surface area contributed by atoms with Gasteiger partial charge in [-0.25, -0.2) is 4.79 Å². The van der Waals surface area contributed by atoms with Crippen LogP contribution in [0.15, 0.2) is 9.59 Å². The maximum Gasteiger partial charge on any atom is 0.329 e. The van der Waals surface area contributed by atoms with E-state index < -0.39 is 0 Å². The molecule has 4 heterocycles. The third-order valence-electron chi connectivity index (χ3n) is 5.73. The van der Waals surface area contributed by atoms with E-state index in [2.05, 4.69) is 9.88 Å². The molecule has 154 valence electrons. The van der Waals surface area contributed by atoms with Gasteiger partial charge in [0.15, 0.2) is 11.2 Å². The molecule has 0 atom stereocenters. The Balaban J connectivity index is 0.00000225. The van der Waals surface area contributed by atoms with Gasteiger partial charge in [-0.2, -0.15) is 4.98 Å². The number of rotatable bonds is 4. The van der Waals surface area contributed by atoms with Crippen LogP contribution in [0.4, 0.5) is 5.95 Å². The van der Waals surface area contributed by atoms with Gasteiger partial charge in [-0.1, -0.05) is 6.42 Å². The SMILES string of the molecule is Cl.Cn1c(=O)n(C)c2c(=O)n3c(nc21)N(CCCN1CCCCC1)C(=O)CC3. The lowest BCUT2D eigenvalue weighted by molar-refractivity contribution is -0.119. The van der Waals surface area contributed by atoms with Gasteiger partial charge in [-0.3, -0.25) is 28.2 Å². The van der Waals surface area contributed by atoms with Crippen LogP contribution in [-0.4, -0.2) is 55.7 Å². The zero-order valence-corrected chi connectivity index (χ0v) is 17.2.